The zero-order valence-electron chi connectivity index (χ0n) is 11.5. The highest BCUT2D eigenvalue weighted by molar-refractivity contribution is 6.01. The minimum Gasteiger partial charge on any atom is -0.496 e. The maximum atomic E-state index is 12.4. The number of ether oxygens (including phenoxy) is 1. The Kier molecular flexibility index (Phi) is 4.73. The van der Waals surface area contributed by atoms with E-state index in [0.717, 1.165) is 29.5 Å². The van der Waals surface area contributed by atoms with Crippen LogP contribution in [0.15, 0.2) is 12.1 Å². The number of hydrogen-bond acceptors (Lipinski definition) is 2. The summed E-state index contributed by atoms with van der Waals surface area (Å²) in [6.45, 7) is 8.11. The Bertz CT molecular complexity index is 404. The smallest absolute Gasteiger partial charge is 0.169 e. The second kappa shape index (κ2) is 5.85. The van der Waals surface area contributed by atoms with Gasteiger partial charge in [-0.25, -0.2) is 0 Å². The number of aryl methyl sites for hydroxylation is 2. The molecule has 2 heteroatoms. The van der Waals surface area contributed by atoms with E-state index in [1.165, 1.54) is 0 Å². The van der Waals surface area contributed by atoms with Gasteiger partial charge in [-0.3, -0.25) is 4.79 Å². The Morgan fingerprint density at radius 3 is 2.29 bits per heavy atom. The molecule has 0 spiro atoms. The number of methoxy groups -OCH3 is 1. The summed E-state index contributed by atoms with van der Waals surface area (Å²) in [5.74, 6) is 1.02. The Labute approximate surface area is 104 Å². The Hall–Kier alpha value is -1.31. The van der Waals surface area contributed by atoms with E-state index in [4.69, 9.17) is 4.74 Å². The van der Waals surface area contributed by atoms with Crippen LogP contribution < -0.4 is 4.74 Å². The lowest BCUT2D eigenvalue weighted by Gasteiger charge is -2.16. The molecule has 0 N–H and O–H groups in total. The minimum atomic E-state index is 0.102. The van der Waals surface area contributed by atoms with E-state index in [0.29, 0.717) is 5.75 Å². The number of benzene rings is 1. The number of carbonyl (C=O) groups is 1. The van der Waals surface area contributed by atoms with Gasteiger partial charge in [-0.2, -0.15) is 0 Å². The van der Waals surface area contributed by atoms with Crippen molar-refractivity contribution >= 4 is 5.78 Å². The summed E-state index contributed by atoms with van der Waals surface area (Å²) >= 11 is 0. The monoisotopic (exact) mass is 234 g/mol. The van der Waals surface area contributed by atoms with Crippen molar-refractivity contribution in [2.75, 3.05) is 7.11 Å². The highest BCUT2D eigenvalue weighted by Crippen LogP contribution is 2.28. The van der Waals surface area contributed by atoms with Crippen LogP contribution in [0.2, 0.25) is 0 Å². The summed E-state index contributed by atoms with van der Waals surface area (Å²) in [5.41, 5.74) is 2.89. The number of ketones is 1. The third kappa shape index (κ3) is 2.87. The first-order chi connectivity index (χ1) is 8.04. The van der Waals surface area contributed by atoms with E-state index >= 15 is 0 Å². The van der Waals surface area contributed by atoms with Gasteiger partial charge in [0.2, 0.25) is 0 Å². The quantitative estimate of drug-likeness (QED) is 0.721. The number of Topliss-reactive ketones (excluding diaryl/α,β-unsaturated/α-hetero) is 1. The summed E-state index contributed by atoms with van der Waals surface area (Å²) < 4.78 is 5.35. The second-order valence-electron chi connectivity index (χ2n) is 4.54. The SMILES string of the molecule is CCC(CC)C(=O)c1c(C)cc(C)cc1OC. The number of hydrogen-bond donors (Lipinski definition) is 0. The van der Waals surface area contributed by atoms with Crippen LogP contribution in [0.4, 0.5) is 0 Å². The lowest BCUT2D eigenvalue weighted by Crippen LogP contribution is -2.15. The van der Waals surface area contributed by atoms with Gasteiger partial charge in [-0.1, -0.05) is 19.9 Å². The normalized spacial score (nSPS) is 10.7. The maximum Gasteiger partial charge on any atom is 0.169 e. The van der Waals surface area contributed by atoms with Crippen LogP contribution in [0.1, 0.15) is 48.2 Å². The molecular weight excluding hydrogens is 212 g/mol. The van der Waals surface area contributed by atoms with Gasteiger partial charge in [-0.05, 0) is 43.9 Å². The van der Waals surface area contributed by atoms with Crippen LogP contribution in [0.5, 0.6) is 5.75 Å². The van der Waals surface area contributed by atoms with Gasteiger partial charge in [0.15, 0.2) is 5.78 Å². The predicted octanol–water partition coefficient (Wildman–Crippen LogP) is 3.93. The zero-order valence-corrected chi connectivity index (χ0v) is 11.5. The van der Waals surface area contributed by atoms with E-state index in [9.17, 15) is 4.79 Å². The van der Waals surface area contributed by atoms with Gasteiger partial charge in [0.1, 0.15) is 5.75 Å². The van der Waals surface area contributed by atoms with E-state index in [1.807, 2.05) is 26.0 Å². The molecule has 1 aromatic carbocycles. The Balaban J connectivity index is 3.25. The van der Waals surface area contributed by atoms with E-state index < -0.39 is 0 Å². The van der Waals surface area contributed by atoms with Crippen molar-refractivity contribution in [1.29, 1.82) is 0 Å². The molecule has 0 heterocycles. The highest BCUT2D eigenvalue weighted by Gasteiger charge is 2.22. The second-order valence-corrected chi connectivity index (χ2v) is 4.54. The molecule has 0 bridgehead atoms. The molecule has 1 aromatic rings. The van der Waals surface area contributed by atoms with Crippen molar-refractivity contribution in [1.82, 2.24) is 0 Å². The van der Waals surface area contributed by atoms with Crippen molar-refractivity contribution in [3.63, 3.8) is 0 Å². The first-order valence-corrected chi connectivity index (χ1v) is 6.24. The van der Waals surface area contributed by atoms with Crippen molar-refractivity contribution in [3.8, 4) is 5.75 Å². The lowest BCUT2D eigenvalue weighted by molar-refractivity contribution is 0.0909. The van der Waals surface area contributed by atoms with Crippen LogP contribution >= 0.6 is 0 Å². The largest absolute Gasteiger partial charge is 0.496 e. The van der Waals surface area contributed by atoms with E-state index in [1.54, 1.807) is 7.11 Å². The molecule has 0 saturated heterocycles. The van der Waals surface area contributed by atoms with E-state index in [-0.39, 0.29) is 11.7 Å². The molecule has 0 aromatic heterocycles. The molecule has 0 aliphatic heterocycles. The first-order valence-electron chi connectivity index (χ1n) is 6.24. The minimum absolute atomic E-state index is 0.102. The molecule has 0 aliphatic rings. The van der Waals surface area contributed by atoms with Crippen molar-refractivity contribution < 1.29 is 9.53 Å². The average molecular weight is 234 g/mol. The fourth-order valence-electron chi connectivity index (χ4n) is 2.27. The molecule has 0 amide bonds. The predicted molar refractivity (Wildman–Crippen MR) is 70.9 cm³/mol. The number of rotatable bonds is 5. The van der Waals surface area contributed by atoms with E-state index in [2.05, 4.69) is 13.8 Å². The van der Waals surface area contributed by atoms with Crippen LogP contribution in [0.25, 0.3) is 0 Å². The molecule has 94 valence electrons. The van der Waals surface area contributed by atoms with Gasteiger partial charge >= 0.3 is 0 Å². The lowest BCUT2D eigenvalue weighted by atomic mass is 9.89. The molecule has 17 heavy (non-hydrogen) atoms. The van der Waals surface area contributed by atoms with Crippen molar-refractivity contribution in [2.24, 2.45) is 5.92 Å². The van der Waals surface area contributed by atoms with Gasteiger partial charge in [0, 0.05) is 5.92 Å². The average Bonchev–Trinajstić information content (AvgIpc) is 2.29. The molecular formula is C15H22O2. The first kappa shape index (κ1) is 13.8. The Morgan fingerprint density at radius 1 is 1.24 bits per heavy atom. The Morgan fingerprint density at radius 2 is 1.82 bits per heavy atom. The van der Waals surface area contributed by atoms with Crippen LogP contribution in [-0.4, -0.2) is 12.9 Å². The molecule has 2 nitrogen and oxygen atoms in total. The molecule has 0 aliphatic carbocycles. The molecule has 0 atom stereocenters. The fourth-order valence-corrected chi connectivity index (χ4v) is 2.27. The third-order valence-corrected chi connectivity index (χ3v) is 3.27. The van der Waals surface area contributed by atoms with Crippen molar-refractivity contribution in [2.45, 2.75) is 40.5 Å². The summed E-state index contributed by atoms with van der Waals surface area (Å²) in [6, 6.07) is 3.97. The summed E-state index contributed by atoms with van der Waals surface area (Å²) in [6.07, 6.45) is 1.76. The van der Waals surface area contributed by atoms with Crippen LogP contribution in [0, 0.1) is 19.8 Å². The van der Waals surface area contributed by atoms with Gasteiger partial charge in [-0.15, -0.1) is 0 Å². The standard InChI is InChI=1S/C15H22O2/c1-6-12(7-2)15(16)14-11(4)8-10(3)9-13(14)17-5/h8-9,12H,6-7H2,1-5H3. The van der Waals surface area contributed by atoms with Gasteiger partial charge in [0.25, 0.3) is 0 Å². The molecule has 0 unspecified atom stereocenters. The number of carbonyl (C=O) groups excluding carboxylic acids is 1. The molecule has 0 fully saturated rings. The topological polar surface area (TPSA) is 26.3 Å². The maximum absolute atomic E-state index is 12.4. The summed E-state index contributed by atoms with van der Waals surface area (Å²) in [4.78, 5) is 12.4. The van der Waals surface area contributed by atoms with Crippen LogP contribution in [-0.2, 0) is 0 Å². The zero-order chi connectivity index (χ0) is 13.0. The summed E-state index contributed by atoms with van der Waals surface area (Å²) in [5, 5.41) is 0. The van der Waals surface area contributed by atoms with Crippen molar-refractivity contribution in [3.05, 3.63) is 28.8 Å². The molecule has 0 saturated carbocycles. The molecule has 0 radical (unpaired) electrons. The summed E-state index contributed by atoms with van der Waals surface area (Å²) in [7, 11) is 1.62. The van der Waals surface area contributed by atoms with Crippen LogP contribution in [0.3, 0.4) is 0 Å². The van der Waals surface area contributed by atoms with Gasteiger partial charge in [0.05, 0.1) is 12.7 Å². The van der Waals surface area contributed by atoms with Gasteiger partial charge < -0.3 is 4.74 Å². The third-order valence-electron chi connectivity index (χ3n) is 3.27. The fraction of sp³-hybridized carbons (Fsp3) is 0.533. The molecule has 1 rings (SSSR count). The highest BCUT2D eigenvalue weighted by atomic mass is 16.5.